The number of halogens is 3. The predicted molar refractivity (Wildman–Crippen MR) is 58.6 cm³/mol. The summed E-state index contributed by atoms with van der Waals surface area (Å²) in [6.45, 7) is 1.73. The molecule has 0 saturated carbocycles. The first-order valence-corrected chi connectivity index (χ1v) is 5.19. The molecular weight excluding hydrogens is 264 g/mol. The normalized spacial score (nSPS) is 10.7. The molecular formula is C10H6ClF2N5. The van der Waals surface area contributed by atoms with Gasteiger partial charge in [0.15, 0.2) is 11.0 Å². The van der Waals surface area contributed by atoms with Crippen LogP contribution >= 0.6 is 11.6 Å². The lowest BCUT2D eigenvalue weighted by Gasteiger charge is -2.00. The van der Waals surface area contributed by atoms with E-state index < -0.39 is 12.1 Å². The molecule has 92 valence electrons. The highest BCUT2D eigenvalue weighted by molar-refractivity contribution is 6.31. The minimum atomic E-state index is -2.88. The van der Waals surface area contributed by atoms with Gasteiger partial charge < -0.3 is 0 Å². The van der Waals surface area contributed by atoms with Gasteiger partial charge >= 0.3 is 0 Å². The first-order valence-electron chi connectivity index (χ1n) is 4.82. The lowest BCUT2D eigenvalue weighted by molar-refractivity contribution is 0.145. The first kappa shape index (κ1) is 12.4. The smallest absolute Gasteiger partial charge is 0.203 e. The minimum absolute atomic E-state index is 0.175. The molecule has 18 heavy (non-hydrogen) atoms. The number of hydrogen-bond donors (Lipinski definition) is 0. The van der Waals surface area contributed by atoms with Gasteiger partial charge in [-0.3, -0.25) is 0 Å². The van der Waals surface area contributed by atoms with Gasteiger partial charge in [0, 0.05) is 0 Å². The Morgan fingerprint density at radius 1 is 1.39 bits per heavy atom. The van der Waals surface area contributed by atoms with E-state index in [4.69, 9.17) is 16.9 Å². The number of alkyl halides is 2. The van der Waals surface area contributed by atoms with Crippen molar-refractivity contribution in [3.05, 3.63) is 34.2 Å². The van der Waals surface area contributed by atoms with Crippen molar-refractivity contribution in [2.24, 2.45) is 0 Å². The zero-order chi connectivity index (χ0) is 13.3. The Labute approximate surface area is 106 Å². The molecule has 2 rings (SSSR count). The fourth-order valence-corrected chi connectivity index (χ4v) is 1.59. The summed E-state index contributed by atoms with van der Waals surface area (Å²) in [4.78, 5) is 0. The zero-order valence-corrected chi connectivity index (χ0v) is 9.86. The third kappa shape index (κ3) is 2.02. The quantitative estimate of drug-likeness (QED) is 0.840. The molecule has 8 heteroatoms. The van der Waals surface area contributed by atoms with Gasteiger partial charge in [-0.25, -0.2) is 13.5 Å². The van der Waals surface area contributed by atoms with E-state index in [1.165, 1.54) is 6.07 Å². The van der Waals surface area contributed by atoms with Gasteiger partial charge in [-0.05, 0) is 19.1 Å². The summed E-state index contributed by atoms with van der Waals surface area (Å²) in [5, 5.41) is 19.7. The van der Waals surface area contributed by atoms with Crippen molar-refractivity contribution in [2.75, 3.05) is 0 Å². The molecule has 2 aromatic rings. The van der Waals surface area contributed by atoms with Crippen LogP contribution in [0.2, 0.25) is 5.15 Å². The minimum Gasteiger partial charge on any atom is -0.203 e. The number of aromatic nitrogens is 4. The van der Waals surface area contributed by atoms with Gasteiger partial charge in [0.2, 0.25) is 0 Å². The molecule has 0 atom stereocenters. The van der Waals surface area contributed by atoms with E-state index in [1.54, 1.807) is 19.1 Å². The van der Waals surface area contributed by atoms with Crippen molar-refractivity contribution in [2.45, 2.75) is 13.3 Å². The second-order valence-electron chi connectivity index (χ2n) is 3.41. The van der Waals surface area contributed by atoms with Crippen LogP contribution in [-0.4, -0.2) is 20.0 Å². The average molecular weight is 270 g/mol. The van der Waals surface area contributed by atoms with Gasteiger partial charge in [-0.2, -0.15) is 15.5 Å². The van der Waals surface area contributed by atoms with E-state index in [-0.39, 0.29) is 16.5 Å². The molecule has 0 amide bonds. The summed E-state index contributed by atoms with van der Waals surface area (Å²) >= 11 is 5.82. The highest BCUT2D eigenvalue weighted by atomic mass is 35.5. The van der Waals surface area contributed by atoms with Gasteiger partial charge in [0.25, 0.3) is 6.43 Å². The summed E-state index contributed by atoms with van der Waals surface area (Å²) in [7, 11) is 0. The lowest BCUT2D eigenvalue weighted by Crippen LogP contribution is -2.02. The van der Waals surface area contributed by atoms with Crippen molar-refractivity contribution in [3.8, 4) is 11.9 Å². The number of nitriles is 1. The predicted octanol–water partition coefficient (Wildman–Crippen LogP) is 2.43. The second-order valence-corrected chi connectivity index (χ2v) is 3.77. The standard InChI is InChI=1S/C10H6ClF2N5/c1-5-2-3-7(16-15-5)18-9(11)6(4-14)8(17-18)10(12)13/h2-3,10H,1H3. The third-order valence-electron chi connectivity index (χ3n) is 2.18. The Bertz CT molecular complexity index is 614. The molecule has 0 radical (unpaired) electrons. The largest absolute Gasteiger partial charge is 0.283 e. The van der Waals surface area contributed by atoms with Crippen LogP contribution < -0.4 is 0 Å². The molecule has 0 saturated heterocycles. The molecule has 0 aliphatic rings. The van der Waals surface area contributed by atoms with Crippen LogP contribution in [0.25, 0.3) is 5.82 Å². The van der Waals surface area contributed by atoms with Gasteiger partial charge in [-0.15, -0.1) is 5.10 Å². The van der Waals surface area contributed by atoms with Gasteiger partial charge in [0.1, 0.15) is 17.3 Å². The molecule has 2 heterocycles. The fourth-order valence-electron chi connectivity index (χ4n) is 1.33. The summed E-state index contributed by atoms with van der Waals surface area (Å²) in [5.74, 6) is 0.175. The number of rotatable bonds is 2. The monoisotopic (exact) mass is 269 g/mol. The van der Waals surface area contributed by atoms with Crippen LogP contribution in [0.15, 0.2) is 12.1 Å². The van der Waals surface area contributed by atoms with Crippen molar-refractivity contribution >= 4 is 11.6 Å². The molecule has 0 aromatic carbocycles. The molecule has 0 N–H and O–H groups in total. The maximum atomic E-state index is 12.7. The third-order valence-corrected chi connectivity index (χ3v) is 2.52. The summed E-state index contributed by atoms with van der Waals surface area (Å²) in [6.07, 6.45) is -2.88. The van der Waals surface area contributed by atoms with Crippen LogP contribution in [0.1, 0.15) is 23.4 Å². The fraction of sp³-hybridized carbons (Fsp3) is 0.200. The molecule has 0 fully saturated rings. The molecule has 0 aliphatic heterocycles. The van der Waals surface area contributed by atoms with Crippen LogP contribution in [0, 0.1) is 18.3 Å². The maximum absolute atomic E-state index is 12.7. The van der Waals surface area contributed by atoms with E-state index in [0.29, 0.717) is 5.69 Å². The van der Waals surface area contributed by atoms with Crippen molar-refractivity contribution in [1.29, 1.82) is 5.26 Å². The van der Waals surface area contributed by atoms with Crippen molar-refractivity contribution in [1.82, 2.24) is 20.0 Å². The topological polar surface area (TPSA) is 67.4 Å². The number of hydrogen-bond acceptors (Lipinski definition) is 4. The van der Waals surface area contributed by atoms with E-state index in [1.807, 2.05) is 0 Å². The Morgan fingerprint density at radius 3 is 2.56 bits per heavy atom. The highest BCUT2D eigenvalue weighted by Crippen LogP contribution is 2.28. The molecule has 2 aromatic heterocycles. The van der Waals surface area contributed by atoms with Gasteiger partial charge in [-0.1, -0.05) is 11.6 Å². The Morgan fingerprint density at radius 2 is 2.11 bits per heavy atom. The van der Waals surface area contributed by atoms with Crippen LogP contribution in [0.4, 0.5) is 8.78 Å². The van der Waals surface area contributed by atoms with E-state index in [0.717, 1.165) is 4.68 Å². The molecule has 0 bridgehead atoms. The Kier molecular flexibility index (Phi) is 3.21. The van der Waals surface area contributed by atoms with E-state index in [2.05, 4.69) is 15.3 Å². The van der Waals surface area contributed by atoms with Gasteiger partial charge in [0.05, 0.1) is 5.69 Å². The Balaban J connectivity index is 2.59. The highest BCUT2D eigenvalue weighted by Gasteiger charge is 2.24. The van der Waals surface area contributed by atoms with Crippen LogP contribution in [-0.2, 0) is 0 Å². The summed E-state index contributed by atoms with van der Waals surface area (Å²) in [6, 6.07) is 4.76. The molecule has 0 aliphatic carbocycles. The number of aryl methyl sites for hydroxylation is 1. The first-order chi connectivity index (χ1) is 8.54. The van der Waals surface area contributed by atoms with E-state index >= 15 is 0 Å². The van der Waals surface area contributed by atoms with Crippen LogP contribution in [0.5, 0.6) is 0 Å². The molecule has 0 spiro atoms. The number of nitrogens with zero attached hydrogens (tertiary/aromatic N) is 5. The lowest BCUT2D eigenvalue weighted by atomic mass is 10.3. The van der Waals surface area contributed by atoms with Crippen molar-refractivity contribution < 1.29 is 8.78 Å². The molecule has 5 nitrogen and oxygen atoms in total. The molecule has 0 unspecified atom stereocenters. The average Bonchev–Trinajstić information content (AvgIpc) is 2.67. The maximum Gasteiger partial charge on any atom is 0.283 e. The summed E-state index contributed by atoms with van der Waals surface area (Å²) in [5.41, 5.74) is -0.351. The van der Waals surface area contributed by atoms with Crippen LogP contribution in [0.3, 0.4) is 0 Å². The van der Waals surface area contributed by atoms with E-state index in [9.17, 15) is 8.78 Å². The summed E-state index contributed by atoms with van der Waals surface area (Å²) < 4.78 is 26.3. The Hall–Kier alpha value is -2.07. The zero-order valence-electron chi connectivity index (χ0n) is 9.10. The SMILES string of the molecule is Cc1ccc(-n2nc(C(F)F)c(C#N)c2Cl)nn1. The second kappa shape index (κ2) is 4.66. The van der Waals surface area contributed by atoms with Crippen molar-refractivity contribution in [3.63, 3.8) is 0 Å².